The third-order valence-electron chi connectivity index (χ3n) is 4.64. The van der Waals surface area contributed by atoms with Crippen molar-refractivity contribution < 1.29 is 14.3 Å². The van der Waals surface area contributed by atoms with Crippen LogP contribution in [0.5, 0.6) is 0 Å². The lowest BCUT2D eigenvalue weighted by Gasteiger charge is -2.38. The highest BCUT2D eigenvalue weighted by Gasteiger charge is 2.36. The van der Waals surface area contributed by atoms with Crippen molar-refractivity contribution in [3.63, 3.8) is 0 Å². The maximum absolute atomic E-state index is 12.0. The molecule has 0 N–H and O–H groups in total. The molecular weight excluding hydrogens is 254 g/mol. The summed E-state index contributed by atoms with van der Waals surface area (Å²) in [4.78, 5) is 14.5. The van der Waals surface area contributed by atoms with Gasteiger partial charge in [0.25, 0.3) is 0 Å². The SMILES string of the molecule is COCCCOCCN1CCCCC1C1CCCC1=O. The van der Waals surface area contributed by atoms with Crippen molar-refractivity contribution >= 4 is 5.78 Å². The third kappa shape index (κ3) is 4.54. The van der Waals surface area contributed by atoms with E-state index in [2.05, 4.69) is 4.90 Å². The topological polar surface area (TPSA) is 38.8 Å². The molecule has 4 heteroatoms. The van der Waals surface area contributed by atoms with Gasteiger partial charge in [0.15, 0.2) is 0 Å². The zero-order valence-electron chi connectivity index (χ0n) is 12.8. The Labute approximate surface area is 122 Å². The molecule has 0 aromatic carbocycles. The second kappa shape index (κ2) is 8.75. The monoisotopic (exact) mass is 283 g/mol. The minimum absolute atomic E-state index is 0.309. The van der Waals surface area contributed by atoms with Crippen LogP contribution in [0.15, 0.2) is 0 Å². The molecule has 1 saturated carbocycles. The summed E-state index contributed by atoms with van der Waals surface area (Å²) in [6, 6.07) is 0.487. The second-order valence-corrected chi connectivity index (χ2v) is 6.02. The van der Waals surface area contributed by atoms with Gasteiger partial charge in [0.05, 0.1) is 6.61 Å². The number of methoxy groups -OCH3 is 1. The molecule has 20 heavy (non-hydrogen) atoms. The van der Waals surface area contributed by atoms with E-state index in [1.165, 1.54) is 19.3 Å². The van der Waals surface area contributed by atoms with Crippen LogP contribution in [0.4, 0.5) is 0 Å². The molecule has 116 valence electrons. The number of hydrogen-bond donors (Lipinski definition) is 0. The maximum atomic E-state index is 12.0. The van der Waals surface area contributed by atoms with Gasteiger partial charge in [-0.05, 0) is 38.6 Å². The van der Waals surface area contributed by atoms with Gasteiger partial charge in [-0.25, -0.2) is 0 Å². The van der Waals surface area contributed by atoms with Gasteiger partial charge in [0.1, 0.15) is 5.78 Å². The van der Waals surface area contributed by atoms with E-state index in [9.17, 15) is 4.79 Å². The van der Waals surface area contributed by atoms with E-state index < -0.39 is 0 Å². The van der Waals surface area contributed by atoms with Crippen LogP contribution < -0.4 is 0 Å². The molecule has 2 unspecified atom stereocenters. The number of nitrogens with zero attached hydrogens (tertiary/aromatic N) is 1. The first-order valence-electron chi connectivity index (χ1n) is 8.16. The van der Waals surface area contributed by atoms with E-state index in [0.29, 0.717) is 17.7 Å². The lowest BCUT2D eigenvalue weighted by atomic mass is 9.88. The Morgan fingerprint density at radius 1 is 1.15 bits per heavy atom. The summed E-state index contributed by atoms with van der Waals surface area (Å²) in [6.07, 6.45) is 7.71. The predicted molar refractivity (Wildman–Crippen MR) is 78.9 cm³/mol. The maximum Gasteiger partial charge on any atom is 0.137 e. The van der Waals surface area contributed by atoms with Crippen molar-refractivity contribution in [3.8, 4) is 0 Å². The number of ketones is 1. The standard InChI is InChI=1S/C16H29NO3/c1-19-11-5-12-20-13-10-17-9-3-2-7-15(17)14-6-4-8-16(14)18/h14-15H,2-13H2,1H3. The van der Waals surface area contributed by atoms with E-state index in [1.807, 2.05) is 0 Å². The van der Waals surface area contributed by atoms with Crippen LogP contribution >= 0.6 is 0 Å². The summed E-state index contributed by atoms with van der Waals surface area (Å²) in [5, 5.41) is 0. The first-order valence-corrected chi connectivity index (χ1v) is 8.16. The Morgan fingerprint density at radius 3 is 2.80 bits per heavy atom. The van der Waals surface area contributed by atoms with Crippen molar-refractivity contribution in [1.29, 1.82) is 0 Å². The Hall–Kier alpha value is -0.450. The smallest absolute Gasteiger partial charge is 0.137 e. The molecule has 1 saturated heterocycles. The van der Waals surface area contributed by atoms with E-state index >= 15 is 0 Å². The minimum Gasteiger partial charge on any atom is -0.385 e. The lowest BCUT2D eigenvalue weighted by Crippen LogP contribution is -2.46. The quantitative estimate of drug-likeness (QED) is 0.641. The summed E-state index contributed by atoms with van der Waals surface area (Å²) in [5.41, 5.74) is 0. The second-order valence-electron chi connectivity index (χ2n) is 6.02. The molecule has 0 aromatic rings. The molecule has 2 fully saturated rings. The van der Waals surface area contributed by atoms with Gasteiger partial charge in [-0.1, -0.05) is 6.42 Å². The molecule has 0 amide bonds. The number of hydrogen-bond acceptors (Lipinski definition) is 4. The summed E-state index contributed by atoms with van der Waals surface area (Å²) in [5.74, 6) is 0.812. The lowest BCUT2D eigenvalue weighted by molar-refractivity contribution is -0.123. The highest BCUT2D eigenvalue weighted by Crippen LogP contribution is 2.32. The molecule has 1 aliphatic heterocycles. The average Bonchev–Trinajstić information content (AvgIpc) is 2.89. The summed E-state index contributed by atoms with van der Waals surface area (Å²) in [6.45, 7) is 4.43. The van der Waals surface area contributed by atoms with Crippen molar-refractivity contribution in [3.05, 3.63) is 0 Å². The normalized spacial score (nSPS) is 28.1. The highest BCUT2D eigenvalue weighted by molar-refractivity contribution is 5.83. The van der Waals surface area contributed by atoms with Crippen LogP contribution in [0.1, 0.15) is 44.9 Å². The van der Waals surface area contributed by atoms with Gasteiger partial charge < -0.3 is 9.47 Å². The molecule has 1 aliphatic carbocycles. The molecule has 0 spiro atoms. The van der Waals surface area contributed by atoms with E-state index in [4.69, 9.17) is 9.47 Å². The van der Waals surface area contributed by atoms with Gasteiger partial charge in [-0.15, -0.1) is 0 Å². The van der Waals surface area contributed by atoms with Gasteiger partial charge in [-0.3, -0.25) is 9.69 Å². The van der Waals surface area contributed by atoms with Crippen LogP contribution in [0.3, 0.4) is 0 Å². The van der Waals surface area contributed by atoms with E-state index in [1.54, 1.807) is 7.11 Å². The number of rotatable bonds is 8. The number of piperidine rings is 1. The van der Waals surface area contributed by atoms with E-state index in [-0.39, 0.29) is 0 Å². The number of carbonyl (C=O) groups excluding carboxylic acids is 1. The highest BCUT2D eigenvalue weighted by atomic mass is 16.5. The zero-order chi connectivity index (χ0) is 14.2. The molecule has 2 rings (SSSR count). The molecule has 0 aromatic heterocycles. The molecular formula is C16H29NO3. The first-order chi connectivity index (χ1) is 9.83. The van der Waals surface area contributed by atoms with Gasteiger partial charge >= 0.3 is 0 Å². The molecule has 0 radical (unpaired) electrons. The van der Waals surface area contributed by atoms with Crippen LogP contribution in [0.2, 0.25) is 0 Å². The predicted octanol–water partition coefficient (Wildman–Crippen LogP) is 2.26. The largest absolute Gasteiger partial charge is 0.385 e. The van der Waals surface area contributed by atoms with E-state index in [0.717, 1.165) is 58.6 Å². The van der Waals surface area contributed by atoms with Crippen molar-refractivity contribution in [2.45, 2.75) is 51.0 Å². The van der Waals surface area contributed by atoms with Gasteiger partial charge in [0, 0.05) is 45.2 Å². The van der Waals surface area contributed by atoms with Crippen molar-refractivity contribution in [1.82, 2.24) is 4.90 Å². The first kappa shape index (κ1) is 15.9. The van der Waals surface area contributed by atoms with Crippen LogP contribution in [0.25, 0.3) is 0 Å². The zero-order valence-corrected chi connectivity index (χ0v) is 12.8. The summed E-state index contributed by atoms with van der Waals surface area (Å²) >= 11 is 0. The number of ether oxygens (including phenoxy) is 2. The Bertz CT molecular complexity index is 295. The Morgan fingerprint density at radius 2 is 2.05 bits per heavy atom. The number of carbonyl (C=O) groups is 1. The molecule has 4 nitrogen and oxygen atoms in total. The molecule has 0 bridgehead atoms. The number of likely N-dealkylation sites (tertiary alicyclic amines) is 1. The fourth-order valence-corrected chi connectivity index (χ4v) is 3.59. The van der Waals surface area contributed by atoms with Gasteiger partial charge in [0.2, 0.25) is 0 Å². The van der Waals surface area contributed by atoms with Crippen molar-refractivity contribution in [2.24, 2.45) is 5.92 Å². The van der Waals surface area contributed by atoms with Crippen LogP contribution in [-0.4, -0.2) is 56.7 Å². The summed E-state index contributed by atoms with van der Waals surface area (Å²) < 4.78 is 10.7. The third-order valence-corrected chi connectivity index (χ3v) is 4.64. The average molecular weight is 283 g/mol. The minimum atomic E-state index is 0.309. The van der Waals surface area contributed by atoms with Crippen molar-refractivity contribution in [2.75, 3.05) is 40.0 Å². The Balaban J connectivity index is 1.71. The molecule has 1 heterocycles. The van der Waals surface area contributed by atoms with Gasteiger partial charge in [-0.2, -0.15) is 0 Å². The van der Waals surface area contributed by atoms with Crippen LogP contribution in [0, 0.1) is 5.92 Å². The Kier molecular flexibility index (Phi) is 6.97. The summed E-state index contributed by atoms with van der Waals surface area (Å²) in [7, 11) is 1.72. The molecule has 2 aliphatic rings. The number of Topliss-reactive ketones (excluding diaryl/α,β-unsaturated/α-hetero) is 1. The fraction of sp³-hybridized carbons (Fsp3) is 0.938. The fourth-order valence-electron chi connectivity index (χ4n) is 3.59. The molecule has 2 atom stereocenters. The van der Waals surface area contributed by atoms with Crippen LogP contribution in [-0.2, 0) is 14.3 Å².